The first-order chi connectivity index (χ1) is 9.60. The van der Waals surface area contributed by atoms with Gasteiger partial charge in [-0.15, -0.1) is 0 Å². The molecule has 1 aliphatic rings. The van der Waals surface area contributed by atoms with E-state index in [1.54, 1.807) is 0 Å². The number of nitrogens with one attached hydrogen (secondary N) is 1. The second kappa shape index (κ2) is 7.78. The van der Waals surface area contributed by atoms with Crippen molar-refractivity contribution in [2.75, 3.05) is 13.2 Å². The van der Waals surface area contributed by atoms with Gasteiger partial charge < -0.3 is 15.2 Å². The Morgan fingerprint density at radius 3 is 2.80 bits per heavy atom. The molecule has 1 aromatic carbocycles. The third-order valence-corrected chi connectivity index (χ3v) is 4.68. The summed E-state index contributed by atoms with van der Waals surface area (Å²) >= 11 is 7.07. The highest BCUT2D eigenvalue weighted by molar-refractivity contribution is 9.11. The van der Waals surface area contributed by atoms with Gasteiger partial charge in [-0.2, -0.15) is 0 Å². The topological polar surface area (TPSA) is 41.5 Å². The molecule has 0 saturated heterocycles. The van der Waals surface area contributed by atoms with Crippen LogP contribution in [0.1, 0.15) is 31.7 Å². The number of hydrogen-bond donors (Lipinski definition) is 2. The maximum absolute atomic E-state index is 9.54. The third kappa shape index (κ3) is 4.45. The Hall–Kier alpha value is -0.100. The van der Waals surface area contributed by atoms with E-state index in [2.05, 4.69) is 43.2 Å². The molecule has 0 amide bonds. The van der Waals surface area contributed by atoms with E-state index in [9.17, 15) is 5.11 Å². The fourth-order valence-corrected chi connectivity index (χ4v) is 4.12. The highest BCUT2D eigenvalue weighted by atomic mass is 79.9. The van der Waals surface area contributed by atoms with E-state index in [-0.39, 0.29) is 6.10 Å². The Morgan fingerprint density at radius 2 is 2.15 bits per heavy atom. The molecular weight excluding hydrogens is 386 g/mol. The van der Waals surface area contributed by atoms with Crippen molar-refractivity contribution in [3.8, 4) is 5.75 Å². The standard InChI is InChI=1S/C15H21Br2NO2/c1-2-20-15-11(6-12(16)7-14(15)17)9-18-8-10-3-4-13(19)5-10/h6-7,10,13,18-19H,2-5,8-9H2,1H3. The van der Waals surface area contributed by atoms with E-state index >= 15 is 0 Å². The van der Waals surface area contributed by atoms with Crippen molar-refractivity contribution in [3.63, 3.8) is 0 Å². The summed E-state index contributed by atoms with van der Waals surface area (Å²) in [6.07, 6.45) is 2.89. The fraction of sp³-hybridized carbons (Fsp3) is 0.600. The predicted octanol–water partition coefficient (Wildman–Crippen LogP) is 3.86. The van der Waals surface area contributed by atoms with E-state index in [0.29, 0.717) is 12.5 Å². The minimum Gasteiger partial charge on any atom is -0.492 e. The van der Waals surface area contributed by atoms with Gasteiger partial charge in [0.25, 0.3) is 0 Å². The first kappa shape index (κ1) is 16.3. The molecule has 0 aliphatic heterocycles. The summed E-state index contributed by atoms with van der Waals surface area (Å²) < 4.78 is 7.73. The van der Waals surface area contributed by atoms with Crippen LogP contribution in [0.4, 0.5) is 0 Å². The molecule has 2 atom stereocenters. The van der Waals surface area contributed by atoms with Gasteiger partial charge in [-0.1, -0.05) is 15.9 Å². The molecule has 2 N–H and O–H groups in total. The number of aliphatic hydroxyl groups excluding tert-OH is 1. The van der Waals surface area contributed by atoms with Gasteiger partial charge in [-0.25, -0.2) is 0 Å². The van der Waals surface area contributed by atoms with Crippen molar-refractivity contribution in [1.82, 2.24) is 5.32 Å². The highest BCUT2D eigenvalue weighted by Gasteiger charge is 2.22. The zero-order valence-electron chi connectivity index (χ0n) is 11.7. The van der Waals surface area contributed by atoms with Gasteiger partial charge in [0.1, 0.15) is 5.75 Å². The van der Waals surface area contributed by atoms with Crippen LogP contribution in [0.25, 0.3) is 0 Å². The zero-order valence-corrected chi connectivity index (χ0v) is 14.8. The first-order valence-corrected chi connectivity index (χ1v) is 8.68. The molecule has 0 spiro atoms. The molecule has 20 heavy (non-hydrogen) atoms. The van der Waals surface area contributed by atoms with Crippen LogP contribution in [0.15, 0.2) is 21.1 Å². The lowest BCUT2D eigenvalue weighted by Gasteiger charge is -2.15. The Labute approximate surface area is 137 Å². The van der Waals surface area contributed by atoms with E-state index < -0.39 is 0 Å². The summed E-state index contributed by atoms with van der Waals surface area (Å²) in [6, 6.07) is 4.09. The van der Waals surface area contributed by atoms with Crippen molar-refractivity contribution >= 4 is 31.9 Å². The maximum atomic E-state index is 9.54. The lowest BCUT2D eigenvalue weighted by molar-refractivity contribution is 0.177. The van der Waals surface area contributed by atoms with E-state index in [0.717, 1.165) is 52.6 Å². The molecule has 0 aromatic heterocycles. The van der Waals surface area contributed by atoms with Crippen LogP contribution in [-0.2, 0) is 6.54 Å². The maximum Gasteiger partial charge on any atom is 0.138 e. The molecule has 0 radical (unpaired) electrons. The normalized spacial score (nSPS) is 22.2. The Morgan fingerprint density at radius 1 is 1.35 bits per heavy atom. The molecule has 1 aromatic rings. The van der Waals surface area contributed by atoms with Crippen LogP contribution in [0.3, 0.4) is 0 Å². The minimum absolute atomic E-state index is 0.0965. The average Bonchev–Trinajstić information content (AvgIpc) is 2.79. The summed E-state index contributed by atoms with van der Waals surface area (Å²) in [6.45, 7) is 4.38. The molecule has 1 fully saturated rings. The molecule has 5 heteroatoms. The summed E-state index contributed by atoms with van der Waals surface area (Å²) in [5.74, 6) is 1.51. The van der Waals surface area contributed by atoms with Gasteiger partial charge in [0.15, 0.2) is 0 Å². The molecule has 0 bridgehead atoms. The Balaban J connectivity index is 1.94. The first-order valence-electron chi connectivity index (χ1n) is 7.09. The number of halogens is 2. The molecule has 2 rings (SSSR count). The molecule has 2 unspecified atom stereocenters. The summed E-state index contributed by atoms with van der Waals surface area (Å²) in [7, 11) is 0. The van der Waals surface area contributed by atoms with Gasteiger partial charge in [0, 0.05) is 16.6 Å². The van der Waals surface area contributed by atoms with Gasteiger partial charge in [-0.3, -0.25) is 0 Å². The van der Waals surface area contributed by atoms with E-state index in [1.807, 2.05) is 13.0 Å². The second-order valence-corrected chi connectivity index (χ2v) is 7.04. The van der Waals surface area contributed by atoms with Crippen LogP contribution >= 0.6 is 31.9 Å². The third-order valence-electron chi connectivity index (χ3n) is 3.64. The monoisotopic (exact) mass is 405 g/mol. The quantitative estimate of drug-likeness (QED) is 0.753. The number of ether oxygens (including phenoxy) is 1. The Bertz CT molecular complexity index is 454. The molecule has 3 nitrogen and oxygen atoms in total. The largest absolute Gasteiger partial charge is 0.492 e. The summed E-state index contributed by atoms with van der Waals surface area (Å²) in [5.41, 5.74) is 1.15. The SMILES string of the molecule is CCOc1c(Br)cc(Br)cc1CNCC1CCC(O)C1. The lowest BCUT2D eigenvalue weighted by Crippen LogP contribution is -2.21. The van der Waals surface area contributed by atoms with Gasteiger partial charge in [0.2, 0.25) is 0 Å². The highest BCUT2D eigenvalue weighted by Crippen LogP contribution is 2.33. The van der Waals surface area contributed by atoms with Crippen molar-refractivity contribution in [3.05, 3.63) is 26.6 Å². The number of benzene rings is 1. The van der Waals surface area contributed by atoms with Crippen LogP contribution in [-0.4, -0.2) is 24.4 Å². The minimum atomic E-state index is -0.0965. The Kier molecular flexibility index (Phi) is 6.33. The number of aliphatic hydroxyl groups is 1. The predicted molar refractivity (Wildman–Crippen MR) is 88.1 cm³/mol. The van der Waals surface area contributed by atoms with Crippen LogP contribution in [0, 0.1) is 5.92 Å². The van der Waals surface area contributed by atoms with Crippen molar-refractivity contribution < 1.29 is 9.84 Å². The van der Waals surface area contributed by atoms with E-state index in [1.165, 1.54) is 0 Å². The summed E-state index contributed by atoms with van der Waals surface area (Å²) in [5, 5.41) is 13.0. The second-order valence-electron chi connectivity index (χ2n) is 5.27. The zero-order chi connectivity index (χ0) is 14.5. The van der Waals surface area contributed by atoms with Crippen molar-refractivity contribution in [2.45, 2.75) is 38.8 Å². The molecule has 0 heterocycles. The summed E-state index contributed by atoms with van der Waals surface area (Å²) in [4.78, 5) is 0. The average molecular weight is 407 g/mol. The number of rotatable bonds is 6. The van der Waals surface area contributed by atoms with Gasteiger partial charge in [0.05, 0.1) is 17.2 Å². The molecule has 1 aliphatic carbocycles. The lowest BCUT2D eigenvalue weighted by atomic mass is 10.1. The van der Waals surface area contributed by atoms with Gasteiger partial charge >= 0.3 is 0 Å². The van der Waals surface area contributed by atoms with Gasteiger partial charge in [-0.05, 0) is 66.7 Å². The van der Waals surface area contributed by atoms with Crippen LogP contribution < -0.4 is 10.1 Å². The molecule has 112 valence electrons. The molecule has 1 saturated carbocycles. The fourth-order valence-electron chi connectivity index (χ4n) is 2.70. The van der Waals surface area contributed by atoms with Crippen molar-refractivity contribution in [1.29, 1.82) is 0 Å². The smallest absolute Gasteiger partial charge is 0.138 e. The number of hydrogen-bond acceptors (Lipinski definition) is 3. The van der Waals surface area contributed by atoms with Crippen molar-refractivity contribution in [2.24, 2.45) is 5.92 Å². The van der Waals surface area contributed by atoms with Crippen LogP contribution in [0.5, 0.6) is 5.75 Å². The van der Waals surface area contributed by atoms with E-state index in [4.69, 9.17) is 4.74 Å². The van der Waals surface area contributed by atoms with Crippen LogP contribution in [0.2, 0.25) is 0 Å². The molecular formula is C15H21Br2NO2.